The Morgan fingerprint density at radius 2 is 2.12 bits per heavy atom. The number of carbonyl (C=O) groups excluding carboxylic acids is 1. The van der Waals surface area contributed by atoms with Gasteiger partial charge in [0, 0.05) is 13.2 Å². The highest BCUT2D eigenvalue weighted by Gasteiger charge is 2.39. The van der Waals surface area contributed by atoms with Gasteiger partial charge in [-0.2, -0.15) is 0 Å². The van der Waals surface area contributed by atoms with Crippen LogP contribution in [0, 0.1) is 5.41 Å². The van der Waals surface area contributed by atoms with E-state index in [4.69, 9.17) is 9.84 Å². The highest BCUT2D eigenvalue weighted by molar-refractivity contribution is 5.77. The van der Waals surface area contributed by atoms with Gasteiger partial charge in [0.15, 0.2) is 0 Å². The summed E-state index contributed by atoms with van der Waals surface area (Å²) in [6.45, 7) is 2.84. The lowest BCUT2D eigenvalue weighted by Gasteiger charge is -2.40. The van der Waals surface area contributed by atoms with E-state index < -0.39 is 5.97 Å². The van der Waals surface area contributed by atoms with Crippen molar-refractivity contribution < 1.29 is 19.4 Å². The minimum Gasteiger partial charge on any atom is -0.481 e. The summed E-state index contributed by atoms with van der Waals surface area (Å²) in [5, 5.41) is 11.5. The molecule has 0 saturated heterocycles. The second kappa shape index (κ2) is 5.84. The summed E-state index contributed by atoms with van der Waals surface area (Å²) in [6.07, 6.45) is 2.96. The van der Waals surface area contributed by atoms with Gasteiger partial charge in [-0.25, -0.2) is 0 Å². The Morgan fingerprint density at radius 3 is 2.56 bits per heavy atom. The predicted molar refractivity (Wildman–Crippen MR) is 58.0 cm³/mol. The molecule has 0 aromatic heterocycles. The van der Waals surface area contributed by atoms with Gasteiger partial charge in [-0.05, 0) is 25.2 Å². The zero-order valence-electron chi connectivity index (χ0n) is 9.62. The zero-order chi connectivity index (χ0) is 12.0. The highest BCUT2D eigenvalue weighted by Crippen LogP contribution is 2.43. The maximum atomic E-state index is 11.3. The fraction of sp³-hybridized carbons (Fsp3) is 0.818. The van der Waals surface area contributed by atoms with Crippen molar-refractivity contribution in [2.75, 3.05) is 19.8 Å². The molecule has 0 atom stereocenters. The number of rotatable bonds is 7. The molecular formula is C11H19NO4. The molecule has 1 aliphatic rings. The van der Waals surface area contributed by atoms with E-state index in [2.05, 4.69) is 5.32 Å². The van der Waals surface area contributed by atoms with Crippen LogP contribution in [0.5, 0.6) is 0 Å². The van der Waals surface area contributed by atoms with Crippen LogP contribution in [-0.2, 0) is 14.3 Å². The molecule has 1 rings (SSSR count). The van der Waals surface area contributed by atoms with Gasteiger partial charge in [-0.1, -0.05) is 6.42 Å². The van der Waals surface area contributed by atoms with Gasteiger partial charge in [-0.15, -0.1) is 0 Å². The van der Waals surface area contributed by atoms with E-state index in [1.165, 1.54) is 0 Å². The molecule has 5 heteroatoms. The predicted octanol–water partition coefficient (Wildman–Crippen LogP) is 0.784. The van der Waals surface area contributed by atoms with Crippen molar-refractivity contribution in [3.8, 4) is 0 Å². The van der Waals surface area contributed by atoms with Crippen molar-refractivity contribution in [1.29, 1.82) is 0 Å². The first-order valence-electron chi connectivity index (χ1n) is 5.64. The van der Waals surface area contributed by atoms with Crippen LogP contribution in [0.4, 0.5) is 0 Å². The molecule has 0 heterocycles. The van der Waals surface area contributed by atoms with E-state index >= 15 is 0 Å². The van der Waals surface area contributed by atoms with Crippen molar-refractivity contribution >= 4 is 11.9 Å². The third-order valence-corrected chi connectivity index (χ3v) is 3.04. The number of carbonyl (C=O) groups is 2. The first kappa shape index (κ1) is 13.0. The molecule has 1 saturated carbocycles. The van der Waals surface area contributed by atoms with Gasteiger partial charge in [0.1, 0.15) is 6.61 Å². The topological polar surface area (TPSA) is 75.6 Å². The van der Waals surface area contributed by atoms with E-state index in [1.54, 1.807) is 0 Å². The van der Waals surface area contributed by atoms with Gasteiger partial charge < -0.3 is 15.2 Å². The third-order valence-electron chi connectivity index (χ3n) is 3.04. The van der Waals surface area contributed by atoms with Crippen LogP contribution in [0.25, 0.3) is 0 Å². The van der Waals surface area contributed by atoms with E-state index in [1.807, 2.05) is 6.92 Å². The van der Waals surface area contributed by atoms with E-state index in [0.29, 0.717) is 13.2 Å². The molecule has 5 nitrogen and oxygen atoms in total. The SMILES string of the molecule is CCOCC(=O)NCC1(CC(=O)O)CCC1. The van der Waals surface area contributed by atoms with Crippen molar-refractivity contribution in [2.45, 2.75) is 32.6 Å². The average molecular weight is 229 g/mol. The first-order chi connectivity index (χ1) is 7.58. The van der Waals surface area contributed by atoms with Crippen LogP contribution in [0.15, 0.2) is 0 Å². The number of hydrogen-bond donors (Lipinski definition) is 2. The van der Waals surface area contributed by atoms with Gasteiger partial charge in [-0.3, -0.25) is 9.59 Å². The van der Waals surface area contributed by atoms with Crippen molar-refractivity contribution in [3.05, 3.63) is 0 Å². The third kappa shape index (κ3) is 3.81. The molecule has 16 heavy (non-hydrogen) atoms. The van der Waals surface area contributed by atoms with E-state index in [-0.39, 0.29) is 24.3 Å². The summed E-state index contributed by atoms with van der Waals surface area (Å²) in [4.78, 5) is 22.0. The molecule has 92 valence electrons. The van der Waals surface area contributed by atoms with Crippen LogP contribution in [-0.4, -0.2) is 36.7 Å². The molecule has 1 aliphatic carbocycles. The molecule has 0 aromatic carbocycles. The Bertz CT molecular complexity index is 261. The minimum absolute atomic E-state index is 0.0552. The number of aliphatic carboxylic acids is 1. The van der Waals surface area contributed by atoms with Crippen LogP contribution in [0.3, 0.4) is 0 Å². The smallest absolute Gasteiger partial charge is 0.303 e. The molecule has 1 amide bonds. The van der Waals surface area contributed by atoms with Crippen molar-refractivity contribution in [1.82, 2.24) is 5.32 Å². The quantitative estimate of drug-likeness (QED) is 0.676. The number of hydrogen-bond acceptors (Lipinski definition) is 3. The Balaban J connectivity index is 2.28. The second-order valence-corrected chi connectivity index (χ2v) is 4.34. The number of carboxylic acid groups (broad SMARTS) is 1. The fourth-order valence-electron chi connectivity index (χ4n) is 1.95. The van der Waals surface area contributed by atoms with Crippen molar-refractivity contribution in [3.63, 3.8) is 0 Å². The molecule has 2 N–H and O–H groups in total. The Hall–Kier alpha value is -1.10. The van der Waals surface area contributed by atoms with Crippen LogP contribution in [0.1, 0.15) is 32.6 Å². The average Bonchev–Trinajstić information content (AvgIpc) is 2.18. The summed E-state index contributed by atoms with van der Waals surface area (Å²) in [5.41, 5.74) is -0.215. The maximum absolute atomic E-state index is 11.3. The number of carboxylic acids is 1. The molecule has 0 unspecified atom stereocenters. The van der Waals surface area contributed by atoms with Gasteiger partial charge in [0.2, 0.25) is 5.91 Å². The second-order valence-electron chi connectivity index (χ2n) is 4.34. The summed E-state index contributed by atoms with van der Waals surface area (Å²) < 4.78 is 4.96. The first-order valence-corrected chi connectivity index (χ1v) is 5.64. The summed E-state index contributed by atoms with van der Waals surface area (Å²) >= 11 is 0. The number of ether oxygens (including phenoxy) is 1. The van der Waals surface area contributed by atoms with Crippen LogP contribution < -0.4 is 5.32 Å². The van der Waals surface area contributed by atoms with Gasteiger partial charge >= 0.3 is 5.97 Å². The van der Waals surface area contributed by atoms with E-state index in [9.17, 15) is 9.59 Å². The number of nitrogens with one attached hydrogen (secondary N) is 1. The fourth-order valence-corrected chi connectivity index (χ4v) is 1.95. The normalized spacial score (nSPS) is 17.6. The lowest BCUT2D eigenvalue weighted by molar-refractivity contribution is -0.142. The molecular weight excluding hydrogens is 210 g/mol. The Labute approximate surface area is 95.2 Å². The monoisotopic (exact) mass is 229 g/mol. The number of amides is 1. The Morgan fingerprint density at radius 1 is 1.44 bits per heavy atom. The van der Waals surface area contributed by atoms with Crippen LogP contribution in [0.2, 0.25) is 0 Å². The van der Waals surface area contributed by atoms with Gasteiger partial charge in [0.25, 0.3) is 0 Å². The lowest BCUT2D eigenvalue weighted by atomic mass is 9.66. The molecule has 0 radical (unpaired) electrons. The molecule has 0 spiro atoms. The summed E-state index contributed by atoms with van der Waals surface area (Å²) in [7, 11) is 0. The molecule has 1 fully saturated rings. The largest absolute Gasteiger partial charge is 0.481 e. The summed E-state index contributed by atoms with van der Waals surface area (Å²) in [5.74, 6) is -0.961. The van der Waals surface area contributed by atoms with Crippen LogP contribution >= 0.6 is 0 Å². The minimum atomic E-state index is -0.793. The molecule has 0 aromatic rings. The highest BCUT2D eigenvalue weighted by atomic mass is 16.5. The van der Waals surface area contributed by atoms with E-state index in [0.717, 1.165) is 19.3 Å². The maximum Gasteiger partial charge on any atom is 0.303 e. The standard InChI is InChI=1S/C11H19NO4/c1-2-16-7-9(13)12-8-11(4-3-5-11)6-10(14)15/h2-8H2,1H3,(H,12,13)(H,14,15). The molecule has 0 aliphatic heterocycles. The molecule has 0 bridgehead atoms. The van der Waals surface area contributed by atoms with Crippen molar-refractivity contribution in [2.24, 2.45) is 5.41 Å². The summed E-state index contributed by atoms with van der Waals surface area (Å²) in [6, 6.07) is 0. The lowest BCUT2D eigenvalue weighted by Crippen LogP contribution is -2.44. The zero-order valence-corrected chi connectivity index (χ0v) is 9.62. The van der Waals surface area contributed by atoms with Gasteiger partial charge in [0.05, 0.1) is 6.42 Å². The Kier molecular flexibility index (Phi) is 4.73.